The van der Waals surface area contributed by atoms with Crippen molar-refractivity contribution < 1.29 is 19.4 Å². The Morgan fingerprint density at radius 3 is 2.77 bits per heavy atom. The smallest absolute Gasteiger partial charge is 0.317 e. The van der Waals surface area contributed by atoms with Crippen molar-refractivity contribution in [3.05, 3.63) is 18.4 Å². The number of carboxylic acids is 1. The van der Waals surface area contributed by atoms with Crippen LogP contribution in [0.15, 0.2) is 17.0 Å². The van der Waals surface area contributed by atoms with Crippen molar-refractivity contribution in [2.45, 2.75) is 24.4 Å². The van der Waals surface area contributed by atoms with Gasteiger partial charge >= 0.3 is 5.97 Å². The maximum atomic E-state index is 10.9. The number of hydrogen-bond acceptors (Lipinski definition) is 4. The maximum absolute atomic E-state index is 10.9. The molecule has 1 fully saturated rings. The Hall–Kier alpha value is -1.36. The molecule has 5 nitrogen and oxygen atoms in total. The Morgan fingerprint density at radius 2 is 2.38 bits per heavy atom. The molecule has 1 aromatic heterocycles. The minimum Gasteiger partial charge on any atom is -0.480 e. The first-order chi connectivity index (χ1) is 6.15. The zero-order valence-corrected chi connectivity index (χ0v) is 6.80. The zero-order chi connectivity index (χ0) is 9.47. The first-order valence-corrected chi connectivity index (χ1v) is 3.95. The van der Waals surface area contributed by atoms with Crippen molar-refractivity contribution in [2.75, 3.05) is 0 Å². The van der Waals surface area contributed by atoms with E-state index < -0.39 is 17.5 Å². The molecule has 2 N–H and O–H groups in total. The minimum absolute atomic E-state index is 0.206. The number of aliphatic carboxylic acids is 1. The highest BCUT2D eigenvalue weighted by atomic mass is 16.4. The van der Waals surface area contributed by atoms with Gasteiger partial charge in [-0.3, -0.25) is 4.79 Å². The standard InChI is InChI=1S/C8H9NO4/c10-5-1-8(2-5,7(11)12)6-3-9-4-13-6/h3-5,10H,1-2H2,(H,11,12). The molecule has 1 aliphatic carbocycles. The predicted octanol–water partition coefficient (Wildman–Crippen LogP) is 0.152. The first-order valence-electron chi connectivity index (χ1n) is 3.95. The third kappa shape index (κ3) is 1.04. The quantitative estimate of drug-likeness (QED) is 0.681. The number of hydrogen-bond donors (Lipinski definition) is 2. The molecule has 0 spiro atoms. The van der Waals surface area contributed by atoms with Gasteiger partial charge in [0.1, 0.15) is 11.2 Å². The van der Waals surface area contributed by atoms with E-state index in [1.165, 1.54) is 12.6 Å². The molecule has 2 rings (SSSR count). The highest BCUT2D eigenvalue weighted by Gasteiger charge is 2.53. The van der Waals surface area contributed by atoms with Gasteiger partial charge < -0.3 is 14.6 Å². The molecule has 0 atom stereocenters. The van der Waals surface area contributed by atoms with Gasteiger partial charge in [-0.1, -0.05) is 0 Å². The lowest BCUT2D eigenvalue weighted by Gasteiger charge is -2.39. The van der Waals surface area contributed by atoms with Crippen molar-refractivity contribution in [2.24, 2.45) is 0 Å². The lowest BCUT2D eigenvalue weighted by atomic mass is 9.65. The molecule has 1 aromatic rings. The summed E-state index contributed by atoms with van der Waals surface area (Å²) in [6, 6.07) is 0. The highest BCUT2D eigenvalue weighted by Crippen LogP contribution is 2.43. The van der Waals surface area contributed by atoms with Crippen LogP contribution in [-0.2, 0) is 10.2 Å². The Kier molecular flexibility index (Phi) is 1.63. The first kappa shape index (κ1) is 8.25. The molecule has 0 unspecified atom stereocenters. The van der Waals surface area contributed by atoms with Crippen molar-refractivity contribution in [1.82, 2.24) is 4.98 Å². The molecule has 1 saturated carbocycles. The normalized spacial score (nSPS) is 32.5. The third-order valence-electron chi connectivity index (χ3n) is 2.48. The molecule has 0 aliphatic heterocycles. The summed E-state index contributed by atoms with van der Waals surface area (Å²) in [6.07, 6.45) is 2.46. The van der Waals surface area contributed by atoms with Crippen molar-refractivity contribution in [3.63, 3.8) is 0 Å². The monoisotopic (exact) mass is 183 g/mol. The van der Waals surface area contributed by atoms with Gasteiger partial charge in [-0.05, 0) is 12.8 Å². The fourth-order valence-corrected chi connectivity index (χ4v) is 1.68. The second-order valence-corrected chi connectivity index (χ2v) is 3.32. The van der Waals surface area contributed by atoms with Gasteiger partial charge in [0.25, 0.3) is 0 Å². The van der Waals surface area contributed by atoms with Crippen LogP contribution in [0.4, 0.5) is 0 Å². The van der Waals surface area contributed by atoms with Gasteiger partial charge in [0.05, 0.1) is 12.3 Å². The molecule has 1 heterocycles. The third-order valence-corrected chi connectivity index (χ3v) is 2.48. The summed E-state index contributed by atoms with van der Waals surface area (Å²) in [5.74, 6) is -0.639. The number of aliphatic hydroxyl groups is 1. The number of aromatic nitrogens is 1. The summed E-state index contributed by atoms with van der Waals surface area (Å²) in [6.45, 7) is 0. The summed E-state index contributed by atoms with van der Waals surface area (Å²) in [7, 11) is 0. The summed E-state index contributed by atoms with van der Waals surface area (Å²) in [5.41, 5.74) is -1.05. The minimum atomic E-state index is -1.05. The number of aliphatic hydroxyl groups excluding tert-OH is 1. The molecule has 0 bridgehead atoms. The van der Waals surface area contributed by atoms with Crippen LogP contribution in [0.25, 0.3) is 0 Å². The van der Waals surface area contributed by atoms with Crippen LogP contribution in [0.5, 0.6) is 0 Å². The van der Waals surface area contributed by atoms with Crippen molar-refractivity contribution >= 4 is 5.97 Å². The average molecular weight is 183 g/mol. The fourth-order valence-electron chi connectivity index (χ4n) is 1.68. The Morgan fingerprint density at radius 1 is 1.69 bits per heavy atom. The maximum Gasteiger partial charge on any atom is 0.317 e. The van der Waals surface area contributed by atoms with E-state index in [0.29, 0.717) is 5.76 Å². The number of nitrogens with zero attached hydrogens (tertiary/aromatic N) is 1. The Bertz CT molecular complexity index is 313. The average Bonchev–Trinajstić information content (AvgIpc) is 2.49. The largest absolute Gasteiger partial charge is 0.480 e. The molecule has 70 valence electrons. The van der Waals surface area contributed by atoms with Gasteiger partial charge in [0.15, 0.2) is 6.39 Å². The lowest BCUT2D eigenvalue weighted by Crippen LogP contribution is -2.50. The van der Waals surface area contributed by atoms with E-state index in [2.05, 4.69) is 4.98 Å². The van der Waals surface area contributed by atoms with Crippen LogP contribution in [0.3, 0.4) is 0 Å². The molecule has 0 amide bonds. The van der Waals surface area contributed by atoms with E-state index >= 15 is 0 Å². The molecule has 0 saturated heterocycles. The topological polar surface area (TPSA) is 83.6 Å². The van der Waals surface area contributed by atoms with Crippen LogP contribution in [0, 0.1) is 0 Å². The Balaban J connectivity index is 2.31. The van der Waals surface area contributed by atoms with Crippen LogP contribution in [-0.4, -0.2) is 27.3 Å². The highest BCUT2D eigenvalue weighted by molar-refractivity contribution is 5.81. The second-order valence-electron chi connectivity index (χ2n) is 3.32. The van der Waals surface area contributed by atoms with Crippen molar-refractivity contribution in [3.8, 4) is 0 Å². The van der Waals surface area contributed by atoms with E-state index in [4.69, 9.17) is 14.6 Å². The molecule has 1 aliphatic rings. The van der Waals surface area contributed by atoms with E-state index in [1.54, 1.807) is 0 Å². The molecule has 0 radical (unpaired) electrons. The van der Waals surface area contributed by atoms with Gasteiger partial charge in [0.2, 0.25) is 0 Å². The predicted molar refractivity (Wildman–Crippen MR) is 41.1 cm³/mol. The number of rotatable bonds is 2. The van der Waals surface area contributed by atoms with E-state index in [-0.39, 0.29) is 12.8 Å². The summed E-state index contributed by atoms with van der Waals surface area (Å²) >= 11 is 0. The zero-order valence-electron chi connectivity index (χ0n) is 6.80. The van der Waals surface area contributed by atoms with Gasteiger partial charge in [-0.2, -0.15) is 0 Å². The summed E-state index contributed by atoms with van der Waals surface area (Å²) < 4.78 is 4.95. The van der Waals surface area contributed by atoms with Crippen LogP contribution < -0.4 is 0 Å². The summed E-state index contributed by atoms with van der Waals surface area (Å²) in [4.78, 5) is 14.6. The molecule has 5 heteroatoms. The van der Waals surface area contributed by atoms with Gasteiger partial charge in [0, 0.05) is 0 Å². The van der Waals surface area contributed by atoms with Gasteiger partial charge in [-0.15, -0.1) is 0 Å². The van der Waals surface area contributed by atoms with E-state index in [0.717, 1.165) is 0 Å². The fraction of sp³-hybridized carbons (Fsp3) is 0.500. The van der Waals surface area contributed by atoms with E-state index in [1.807, 2.05) is 0 Å². The van der Waals surface area contributed by atoms with Crippen LogP contribution in [0.1, 0.15) is 18.6 Å². The summed E-state index contributed by atoms with van der Waals surface area (Å²) in [5, 5.41) is 18.1. The number of carbonyl (C=O) groups is 1. The number of oxazole rings is 1. The van der Waals surface area contributed by atoms with Crippen molar-refractivity contribution in [1.29, 1.82) is 0 Å². The van der Waals surface area contributed by atoms with Gasteiger partial charge in [-0.25, -0.2) is 4.98 Å². The van der Waals surface area contributed by atoms with Crippen LogP contribution >= 0.6 is 0 Å². The number of carboxylic acid groups (broad SMARTS) is 1. The van der Waals surface area contributed by atoms with E-state index in [9.17, 15) is 4.79 Å². The molecule has 0 aromatic carbocycles. The second kappa shape index (κ2) is 2.56. The van der Waals surface area contributed by atoms with Crippen LogP contribution in [0.2, 0.25) is 0 Å². The molecule has 13 heavy (non-hydrogen) atoms. The SMILES string of the molecule is O=C(O)C1(c2cnco2)CC(O)C1. The lowest BCUT2D eigenvalue weighted by molar-refractivity contribution is -0.154. The Labute approximate surface area is 74.0 Å². The molecular weight excluding hydrogens is 174 g/mol. The molecular formula is C8H9NO4.